The number of sulfonamides is 1. The average Bonchev–Trinajstić information content (AvgIpc) is 3.05. The van der Waals surface area contributed by atoms with Crippen molar-refractivity contribution in [2.75, 3.05) is 7.05 Å². The van der Waals surface area contributed by atoms with E-state index in [1.54, 1.807) is 26.2 Å². The number of hydrogen-bond donors (Lipinski definition) is 1. The van der Waals surface area contributed by atoms with Crippen LogP contribution in [0.15, 0.2) is 32.3 Å². The SMILES string of the molecule is CN(C1CC2CCC(C1)N2)S(=O)(=O)c1ccc2c(c1)oc(=O)n2C.Cl. The van der Waals surface area contributed by atoms with Crippen molar-refractivity contribution in [2.24, 2.45) is 7.05 Å². The van der Waals surface area contributed by atoms with Gasteiger partial charge in [0, 0.05) is 38.3 Å². The Kier molecular flexibility index (Phi) is 4.74. The third-order valence-electron chi connectivity index (χ3n) is 5.40. The van der Waals surface area contributed by atoms with Crippen LogP contribution in [0, 0.1) is 0 Å². The van der Waals surface area contributed by atoms with Crippen LogP contribution >= 0.6 is 12.4 Å². The number of piperidine rings is 1. The quantitative estimate of drug-likeness (QED) is 0.861. The molecule has 2 aliphatic heterocycles. The van der Waals surface area contributed by atoms with Gasteiger partial charge in [-0.1, -0.05) is 0 Å². The molecule has 7 nitrogen and oxygen atoms in total. The smallest absolute Gasteiger partial charge is 0.408 e. The number of fused-ring (bicyclic) bond motifs is 3. The van der Waals surface area contributed by atoms with Crippen LogP contribution in [-0.4, -0.2) is 42.5 Å². The zero-order valence-electron chi connectivity index (χ0n) is 14.1. The highest BCUT2D eigenvalue weighted by atomic mass is 35.5. The molecule has 2 unspecified atom stereocenters. The van der Waals surface area contributed by atoms with Crippen LogP contribution in [0.5, 0.6) is 0 Å². The Morgan fingerprint density at radius 1 is 1.24 bits per heavy atom. The predicted octanol–water partition coefficient (Wildman–Crippen LogP) is 1.46. The van der Waals surface area contributed by atoms with Crippen molar-refractivity contribution in [1.82, 2.24) is 14.2 Å². The maximum atomic E-state index is 13.0. The van der Waals surface area contributed by atoms with Crippen LogP contribution < -0.4 is 11.1 Å². The van der Waals surface area contributed by atoms with Crippen LogP contribution in [0.2, 0.25) is 0 Å². The Bertz CT molecular complexity index is 940. The monoisotopic (exact) mass is 387 g/mol. The van der Waals surface area contributed by atoms with Crippen molar-refractivity contribution in [3.63, 3.8) is 0 Å². The standard InChI is InChI=1S/C16H21N3O4S.ClH/c1-18-14-6-5-13(9-15(14)23-16(18)20)24(21,22)19(2)12-7-10-3-4-11(8-12)17-10;/h5-6,9-12,17H,3-4,7-8H2,1-2H3;1H. The molecule has 2 bridgehead atoms. The molecule has 2 atom stereocenters. The van der Waals surface area contributed by atoms with E-state index in [2.05, 4.69) is 5.32 Å². The van der Waals surface area contributed by atoms with E-state index in [1.165, 1.54) is 14.9 Å². The molecule has 0 spiro atoms. The maximum absolute atomic E-state index is 13.0. The summed E-state index contributed by atoms with van der Waals surface area (Å²) in [6.45, 7) is 0. The summed E-state index contributed by atoms with van der Waals surface area (Å²) in [5.74, 6) is -0.497. The molecule has 0 radical (unpaired) electrons. The average molecular weight is 388 g/mol. The molecule has 0 saturated carbocycles. The zero-order valence-corrected chi connectivity index (χ0v) is 15.8. The van der Waals surface area contributed by atoms with Gasteiger partial charge >= 0.3 is 5.76 Å². The van der Waals surface area contributed by atoms with E-state index < -0.39 is 15.8 Å². The molecule has 2 aromatic rings. The van der Waals surface area contributed by atoms with Gasteiger partial charge in [-0.3, -0.25) is 4.57 Å². The van der Waals surface area contributed by atoms with E-state index in [9.17, 15) is 13.2 Å². The van der Waals surface area contributed by atoms with Crippen molar-refractivity contribution < 1.29 is 12.8 Å². The maximum Gasteiger partial charge on any atom is 0.419 e. The zero-order chi connectivity index (χ0) is 17.1. The number of benzene rings is 1. The van der Waals surface area contributed by atoms with Gasteiger partial charge in [0.15, 0.2) is 5.58 Å². The molecule has 2 saturated heterocycles. The van der Waals surface area contributed by atoms with Gasteiger partial charge in [0.2, 0.25) is 10.0 Å². The topological polar surface area (TPSA) is 84.6 Å². The van der Waals surface area contributed by atoms with Crippen molar-refractivity contribution in [3.8, 4) is 0 Å². The molecule has 2 fully saturated rings. The van der Waals surface area contributed by atoms with Gasteiger partial charge in [-0.15, -0.1) is 12.4 Å². The second-order valence-corrected chi connectivity index (χ2v) is 8.84. The molecule has 138 valence electrons. The Balaban J connectivity index is 0.00000182. The number of aryl methyl sites for hydroxylation is 1. The number of nitrogens with zero attached hydrogens (tertiary/aromatic N) is 2. The lowest BCUT2D eigenvalue weighted by molar-refractivity contribution is 0.251. The first-order valence-electron chi connectivity index (χ1n) is 8.20. The van der Waals surface area contributed by atoms with Crippen molar-refractivity contribution in [1.29, 1.82) is 0 Å². The molecule has 1 aromatic carbocycles. The molecule has 0 amide bonds. The number of halogens is 1. The number of oxazole rings is 1. The summed E-state index contributed by atoms with van der Waals surface area (Å²) in [4.78, 5) is 11.8. The molecule has 1 aromatic heterocycles. The van der Waals surface area contributed by atoms with E-state index in [0.29, 0.717) is 23.2 Å². The fourth-order valence-corrected chi connectivity index (χ4v) is 5.35. The van der Waals surface area contributed by atoms with Crippen LogP contribution in [0.1, 0.15) is 25.7 Å². The highest BCUT2D eigenvalue weighted by Gasteiger charge is 2.38. The lowest BCUT2D eigenvalue weighted by Gasteiger charge is -2.34. The Labute approximate surface area is 152 Å². The minimum atomic E-state index is -3.62. The van der Waals surface area contributed by atoms with Gasteiger partial charge in [-0.05, 0) is 37.8 Å². The van der Waals surface area contributed by atoms with Crippen molar-refractivity contribution in [3.05, 3.63) is 28.7 Å². The van der Waals surface area contributed by atoms with E-state index in [-0.39, 0.29) is 23.3 Å². The highest BCUT2D eigenvalue weighted by molar-refractivity contribution is 7.89. The summed E-state index contributed by atoms with van der Waals surface area (Å²) in [6.07, 6.45) is 3.93. The molecule has 2 aliphatic rings. The van der Waals surface area contributed by atoms with E-state index in [4.69, 9.17) is 4.42 Å². The van der Waals surface area contributed by atoms with E-state index in [0.717, 1.165) is 25.7 Å². The summed E-state index contributed by atoms with van der Waals surface area (Å²) in [5.41, 5.74) is 0.879. The normalized spacial score (nSPS) is 26.1. The summed E-state index contributed by atoms with van der Waals surface area (Å²) in [6, 6.07) is 5.44. The van der Waals surface area contributed by atoms with Gasteiger partial charge in [0.1, 0.15) is 0 Å². The number of nitrogens with one attached hydrogen (secondary N) is 1. The molecule has 4 rings (SSSR count). The first-order chi connectivity index (χ1) is 11.4. The van der Waals surface area contributed by atoms with Crippen LogP contribution in [0.25, 0.3) is 11.1 Å². The van der Waals surface area contributed by atoms with E-state index >= 15 is 0 Å². The van der Waals surface area contributed by atoms with Crippen molar-refractivity contribution in [2.45, 2.75) is 48.7 Å². The second kappa shape index (κ2) is 6.42. The van der Waals surface area contributed by atoms with Gasteiger partial charge in [-0.25, -0.2) is 13.2 Å². The summed E-state index contributed by atoms with van der Waals surface area (Å²) < 4.78 is 33.9. The number of rotatable bonds is 3. The van der Waals surface area contributed by atoms with Gasteiger partial charge in [0.25, 0.3) is 0 Å². The summed E-state index contributed by atoms with van der Waals surface area (Å²) in [5, 5.41) is 3.53. The summed E-state index contributed by atoms with van der Waals surface area (Å²) in [7, 11) is -0.373. The molecular formula is C16H22ClN3O4S. The number of hydrogen-bond acceptors (Lipinski definition) is 5. The Morgan fingerprint density at radius 2 is 1.88 bits per heavy atom. The lowest BCUT2D eigenvalue weighted by Crippen LogP contribution is -2.48. The molecule has 9 heteroatoms. The molecule has 0 aliphatic carbocycles. The molecule has 3 heterocycles. The third-order valence-corrected chi connectivity index (χ3v) is 7.31. The van der Waals surface area contributed by atoms with Gasteiger partial charge in [-0.2, -0.15) is 4.31 Å². The minimum absolute atomic E-state index is 0. The van der Waals surface area contributed by atoms with Crippen LogP contribution in [-0.2, 0) is 17.1 Å². The third kappa shape index (κ3) is 3.01. The predicted molar refractivity (Wildman–Crippen MR) is 96.6 cm³/mol. The Morgan fingerprint density at radius 3 is 2.52 bits per heavy atom. The first-order valence-corrected chi connectivity index (χ1v) is 9.64. The summed E-state index contributed by atoms with van der Waals surface area (Å²) >= 11 is 0. The fourth-order valence-electron chi connectivity index (χ4n) is 3.96. The molecule has 1 N–H and O–H groups in total. The second-order valence-electron chi connectivity index (χ2n) is 6.84. The van der Waals surface area contributed by atoms with Gasteiger partial charge in [0.05, 0.1) is 10.4 Å². The first kappa shape index (κ1) is 18.4. The van der Waals surface area contributed by atoms with Crippen molar-refractivity contribution >= 4 is 33.5 Å². The van der Waals surface area contributed by atoms with E-state index in [1.807, 2.05) is 0 Å². The Hall–Kier alpha value is -1.35. The highest BCUT2D eigenvalue weighted by Crippen LogP contribution is 2.32. The number of aromatic nitrogens is 1. The largest absolute Gasteiger partial charge is 0.419 e. The lowest BCUT2D eigenvalue weighted by atomic mass is 10.0. The fraction of sp³-hybridized carbons (Fsp3) is 0.562. The van der Waals surface area contributed by atoms with Crippen LogP contribution in [0.3, 0.4) is 0 Å². The van der Waals surface area contributed by atoms with Crippen LogP contribution in [0.4, 0.5) is 0 Å². The molecular weight excluding hydrogens is 366 g/mol. The molecule has 25 heavy (non-hydrogen) atoms. The van der Waals surface area contributed by atoms with Gasteiger partial charge < -0.3 is 9.73 Å². The minimum Gasteiger partial charge on any atom is -0.408 e.